The molecular weight excluding hydrogens is 540 g/mol. The molecule has 0 bridgehead atoms. The van der Waals surface area contributed by atoms with Crippen molar-refractivity contribution in [2.24, 2.45) is 0 Å². The molecule has 0 unspecified atom stereocenters. The molecule has 0 aliphatic heterocycles. The van der Waals surface area contributed by atoms with Gasteiger partial charge in [0.1, 0.15) is 17.2 Å². The minimum atomic E-state index is -0.687. The van der Waals surface area contributed by atoms with E-state index in [0.29, 0.717) is 22.7 Å². The number of hydrogen-bond donors (Lipinski definition) is 3. The largest absolute Gasteiger partial charge is 0.508 e. The lowest BCUT2D eigenvalue weighted by atomic mass is 10.1. The summed E-state index contributed by atoms with van der Waals surface area (Å²) in [4.78, 5) is 47.9. The lowest BCUT2D eigenvalue weighted by Gasteiger charge is -2.10. The summed E-state index contributed by atoms with van der Waals surface area (Å²) in [5, 5.41) is 11.2. The molecule has 0 aliphatic rings. The average molecular weight is 565 g/mol. The third-order valence-corrected chi connectivity index (χ3v) is 6.07. The number of carbonyl (C=O) groups is 3. The predicted octanol–water partition coefficient (Wildman–Crippen LogP) is 6.14. The van der Waals surface area contributed by atoms with Gasteiger partial charge in [0.2, 0.25) is 0 Å². The Morgan fingerprint density at radius 3 is 1.71 bits per heavy atom. The number of carbonyl (C=O) groups excluding carboxylic acids is 3. The van der Waals surface area contributed by atoms with E-state index in [0.717, 1.165) is 10.8 Å². The Morgan fingerprint density at radius 2 is 1.10 bits per heavy atom. The Balaban J connectivity index is 1.14. The molecule has 0 fully saturated rings. The molecule has 0 saturated heterocycles. The second-order valence-electron chi connectivity index (χ2n) is 8.95. The van der Waals surface area contributed by atoms with Crippen molar-refractivity contribution < 1.29 is 38.6 Å². The molecule has 0 atom stereocenters. The van der Waals surface area contributed by atoms with Gasteiger partial charge >= 0.3 is 17.9 Å². The van der Waals surface area contributed by atoms with Gasteiger partial charge in [0.25, 0.3) is 0 Å². The fraction of sp³-hybridized carbons (Fsp3) is 0.0312. The summed E-state index contributed by atoms with van der Waals surface area (Å²) in [5.74, 6) is -0.922. The van der Waals surface area contributed by atoms with Gasteiger partial charge in [0.15, 0.2) is 0 Å². The van der Waals surface area contributed by atoms with Crippen LogP contribution in [0.15, 0.2) is 109 Å². The summed E-state index contributed by atoms with van der Waals surface area (Å²) < 4.78 is 10.5. The molecule has 5 aromatic carbocycles. The first-order chi connectivity index (χ1) is 20.4. The van der Waals surface area contributed by atoms with Gasteiger partial charge in [-0.05, 0) is 102 Å². The molecular formula is C32H24N2O8. The SMILES string of the molecule is COc1ccc(NOC(=O)c2cccc(C(=O)Oc3ccc(NOC(=O)c4ccc5cc(O)ccc5c4)cc3)c2)cc1. The van der Waals surface area contributed by atoms with E-state index in [9.17, 15) is 19.5 Å². The Bertz CT molecular complexity index is 1750. The highest BCUT2D eigenvalue weighted by molar-refractivity contribution is 5.97. The van der Waals surface area contributed by atoms with E-state index in [1.807, 2.05) is 0 Å². The van der Waals surface area contributed by atoms with Crippen molar-refractivity contribution in [3.63, 3.8) is 0 Å². The van der Waals surface area contributed by atoms with Gasteiger partial charge in [-0.1, -0.05) is 18.2 Å². The van der Waals surface area contributed by atoms with Crippen LogP contribution in [0, 0.1) is 0 Å². The number of fused-ring (bicyclic) bond motifs is 1. The van der Waals surface area contributed by atoms with Crippen molar-refractivity contribution in [2.45, 2.75) is 0 Å². The Kier molecular flexibility index (Phi) is 8.15. The highest BCUT2D eigenvalue weighted by Crippen LogP contribution is 2.22. The van der Waals surface area contributed by atoms with Crippen molar-refractivity contribution in [1.82, 2.24) is 0 Å². The molecule has 0 saturated carbocycles. The average Bonchev–Trinajstić information content (AvgIpc) is 3.03. The Labute approximate surface area is 239 Å². The number of nitrogens with one attached hydrogen (secondary N) is 2. The van der Waals surface area contributed by atoms with Crippen molar-refractivity contribution in [2.75, 3.05) is 18.1 Å². The van der Waals surface area contributed by atoms with E-state index in [1.54, 1.807) is 79.9 Å². The normalized spacial score (nSPS) is 10.4. The van der Waals surface area contributed by atoms with E-state index >= 15 is 0 Å². The van der Waals surface area contributed by atoms with Crippen molar-refractivity contribution in [3.8, 4) is 17.2 Å². The van der Waals surface area contributed by atoms with Crippen molar-refractivity contribution in [3.05, 3.63) is 126 Å². The van der Waals surface area contributed by atoms with E-state index in [1.165, 1.54) is 36.4 Å². The second kappa shape index (κ2) is 12.4. The van der Waals surface area contributed by atoms with E-state index < -0.39 is 17.9 Å². The predicted molar refractivity (Wildman–Crippen MR) is 155 cm³/mol. The first-order valence-corrected chi connectivity index (χ1v) is 12.6. The van der Waals surface area contributed by atoms with Gasteiger partial charge in [-0.15, -0.1) is 0 Å². The number of rotatable bonds is 9. The smallest absolute Gasteiger partial charge is 0.362 e. The minimum Gasteiger partial charge on any atom is -0.508 e. The first kappa shape index (κ1) is 27.5. The summed E-state index contributed by atoms with van der Waals surface area (Å²) in [6.07, 6.45) is 0. The number of hydrogen-bond acceptors (Lipinski definition) is 10. The fourth-order valence-electron chi connectivity index (χ4n) is 3.88. The zero-order valence-electron chi connectivity index (χ0n) is 22.2. The fourth-order valence-corrected chi connectivity index (χ4v) is 3.88. The van der Waals surface area contributed by atoms with Crippen LogP contribution in [0.3, 0.4) is 0 Å². The highest BCUT2D eigenvalue weighted by Gasteiger charge is 2.14. The van der Waals surface area contributed by atoms with Crippen LogP contribution in [0.5, 0.6) is 17.2 Å². The number of phenols is 1. The van der Waals surface area contributed by atoms with Crippen LogP contribution in [0.25, 0.3) is 10.8 Å². The molecule has 10 heteroatoms. The summed E-state index contributed by atoms with van der Waals surface area (Å²) in [6.45, 7) is 0. The molecule has 210 valence electrons. The zero-order chi connectivity index (χ0) is 29.5. The molecule has 0 aliphatic carbocycles. The number of benzene rings is 5. The number of phenolic OH excluding ortho intramolecular Hbond substituents is 1. The van der Waals surface area contributed by atoms with Gasteiger partial charge < -0.3 is 24.3 Å². The van der Waals surface area contributed by atoms with E-state index in [-0.39, 0.29) is 22.6 Å². The molecule has 42 heavy (non-hydrogen) atoms. The van der Waals surface area contributed by atoms with Gasteiger partial charge in [-0.2, -0.15) is 0 Å². The van der Waals surface area contributed by atoms with E-state index in [2.05, 4.69) is 11.0 Å². The lowest BCUT2D eigenvalue weighted by Crippen LogP contribution is -2.13. The Hall–Kier alpha value is -6.03. The van der Waals surface area contributed by atoms with Crippen LogP contribution < -0.4 is 20.4 Å². The van der Waals surface area contributed by atoms with Gasteiger partial charge in [0.05, 0.1) is 35.2 Å². The van der Waals surface area contributed by atoms with E-state index in [4.69, 9.17) is 19.1 Å². The van der Waals surface area contributed by atoms with Crippen LogP contribution in [-0.4, -0.2) is 30.1 Å². The number of anilines is 2. The number of ether oxygens (including phenoxy) is 2. The highest BCUT2D eigenvalue weighted by atomic mass is 16.7. The standard InChI is InChI=1S/C32H24N2O8/c1-39-28-13-8-25(9-14-28)33-41-31(37)23-4-2-3-22(18-23)30(36)40-29-15-10-26(11-16-29)34-42-32(38)24-6-5-21-19-27(35)12-7-20(21)17-24/h2-19,33-35H,1H3. The molecule has 0 aromatic heterocycles. The second-order valence-corrected chi connectivity index (χ2v) is 8.95. The van der Waals surface area contributed by atoms with Crippen molar-refractivity contribution in [1.29, 1.82) is 0 Å². The van der Waals surface area contributed by atoms with Crippen LogP contribution in [0.1, 0.15) is 31.1 Å². The maximum Gasteiger partial charge on any atom is 0.362 e. The summed E-state index contributed by atoms with van der Waals surface area (Å²) in [7, 11) is 1.55. The molecule has 5 aromatic rings. The number of esters is 1. The lowest BCUT2D eigenvalue weighted by molar-refractivity contribution is 0.0587. The third kappa shape index (κ3) is 6.75. The van der Waals surface area contributed by atoms with Gasteiger partial charge in [-0.3, -0.25) is 0 Å². The first-order valence-electron chi connectivity index (χ1n) is 12.6. The van der Waals surface area contributed by atoms with Crippen LogP contribution >= 0.6 is 0 Å². The monoisotopic (exact) mass is 564 g/mol. The maximum absolute atomic E-state index is 12.7. The molecule has 10 nitrogen and oxygen atoms in total. The van der Waals surface area contributed by atoms with Gasteiger partial charge in [0, 0.05) is 0 Å². The minimum absolute atomic E-state index is 0.140. The number of aromatic hydroxyl groups is 1. The molecule has 0 amide bonds. The molecule has 3 N–H and O–H groups in total. The molecule has 5 rings (SSSR count). The molecule has 0 radical (unpaired) electrons. The number of methoxy groups -OCH3 is 1. The summed E-state index contributed by atoms with van der Waals surface area (Å²) in [6, 6.07) is 28.7. The third-order valence-electron chi connectivity index (χ3n) is 6.07. The maximum atomic E-state index is 12.7. The van der Waals surface area contributed by atoms with Gasteiger partial charge in [-0.25, -0.2) is 25.3 Å². The molecule has 0 heterocycles. The van der Waals surface area contributed by atoms with Crippen LogP contribution in [-0.2, 0) is 9.68 Å². The Morgan fingerprint density at radius 1 is 0.571 bits per heavy atom. The quantitative estimate of drug-likeness (QED) is 0.109. The van der Waals surface area contributed by atoms with Crippen molar-refractivity contribution >= 4 is 40.1 Å². The summed E-state index contributed by atoms with van der Waals surface area (Å²) >= 11 is 0. The van der Waals surface area contributed by atoms with Crippen LogP contribution in [0.2, 0.25) is 0 Å². The topological polar surface area (TPSA) is 132 Å². The zero-order valence-corrected chi connectivity index (χ0v) is 22.2. The van der Waals surface area contributed by atoms with Crippen LogP contribution in [0.4, 0.5) is 11.4 Å². The molecule has 0 spiro atoms. The summed E-state index contributed by atoms with van der Waals surface area (Å²) in [5.41, 5.74) is 6.74.